The number of ether oxygens (including phenoxy) is 1. The van der Waals surface area contributed by atoms with Crippen LogP contribution in [0.25, 0.3) is 0 Å². The molecule has 0 aromatic heterocycles. The number of benzene rings is 2. The Balaban J connectivity index is 2.20. The Hall–Kier alpha value is -2.59. The Kier molecular flexibility index (Phi) is 5.88. The Morgan fingerprint density at radius 1 is 1.19 bits per heavy atom. The van der Waals surface area contributed by atoms with Crippen molar-refractivity contribution in [3.8, 4) is 5.75 Å². The molecule has 0 bridgehead atoms. The zero-order valence-corrected chi connectivity index (χ0v) is 14.6. The van der Waals surface area contributed by atoms with Crippen LogP contribution in [-0.2, 0) is 6.18 Å². The van der Waals surface area contributed by atoms with E-state index >= 15 is 0 Å². The molecule has 0 radical (unpaired) electrons. The quantitative estimate of drug-likeness (QED) is 0.419. The first-order valence-electron chi connectivity index (χ1n) is 6.89. The molecular weight excluding hydrogens is 395 g/mol. The first kappa shape index (κ1) is 19.7. The molecule has 0 aliphatic rings. The minimum absolute atomic E-state index is 0.0396. The maximum absolute atomic E-state index is 12.8. The highest BCUT2D eigenvalue weighted by Crippen LogP contribution is 2.34. The van der Waals surface area contributed by atoms with Gasteiger partial charge < -0.3 is 15.4 Å². The Morgan fingerprint density at radius 2 is 1.85 bits per heavy atom. The van der Waals surface area contributed by atoms with Crippen LogP contribution in [0.5, 0.6) is 5.75 Å². The molecule has 0 aliphatic heterocycles. The summed E-state index contributed by atoms with van der Waals surface area (Å²) in [4.78, 5) is 10.2. The summed E-state index contributed by atoms with van der Waals surface area (Å²) < 4.78 is 43.4. The van der Waals surface area contributed by atoms with Gasteiger partial charge in [0, 0.05) is 6.07 Å². The number of halogens is 4. The molecule has 0 saturated carbocycles. The molecule has 0 unspecified atom stereocenters. The van der Waals surface area contributed by atoms with Crippen LogP contribution in [-0.4, -0.2) is 17.1 Å². The number of nitrogens with one attached hydrogen (secondary N) is 2. The molecule has 138 valence electrons. The van der Waals surface area contributed by atoms with E-state index in [2.05, 4.69) is 10.6 Å². The lowest BCUT2D eigenvalue weighted by Gasteiger charge is -2.15. The largest absolute Gasteiger partial charge is 0.494 e. The molecule has 0 aliphatic carbocycles. The third-order valence-electron chi connectivity index (χ3n) is 3.19. The van der Waals surface area contributed by atoms with Crippen LogP contribution in [0, 0.1) is 10.1 Å². The molecule has 26 heavy (non-hydrogen) atoms. The number of nitro benzene ring substituents is 1. The van der Waals surface area contributed by atoms with Crippen molar-refractivity contribution in [3.05, 3.63) is 57.1 Å². The van der Waals surface area contributed by atoms with Crippen LogP contribution in [0.3, 0.4) is 0 Å². The number of methoxy groups -OCH3 is 1. The monoisotopic (exact) mass is 405 g/mol. The van der Waals surface area contributed by atoms with E-state index in [4.69, 9.17) is 28.6 Å². The van der Waals surface area contributed by atoms with E-state index in [9.17, 15) is 23.3 Å². The first-order chi connectivity index (χ1) is 12.1. The van der Waals surface area contributed by atoms with Gasteiger partial charge in [-0.15, -0.1) is 0 Å². The molecule has 0 atom stereocenters. The lowest BCUT2D eigenvalue weighted by molar-refractivity contribution is -0.384. The fraction of sp³-hybridized carbons (Fsp3) is 0.133. The Morgan fingerprint density at radius 3 is 2.42 bits per heavy atom. The summed E-state index contributed by atoms with van der Waals surface area (Å²) in [5.74, 6) is 0.137. The number of anilines is 2. The van der Waals surface area contributed by atoms with E-state index in [1.54, 1.807) is 0 Å². The number of nitrogens with zero attached hydrogens (tertiary/aromatic N) is 1. The Bertz CT molecular complexity index is 862. The zero-order chi connectivity index (χ0) is 19.5. The van der Waals surface area contributed by atoms with E-state index in [-0.39, 0.29) is 27.3 Å². The van der Waals surface area contributed by atoms with Gasteiger partial charge in [0.05, 0.1) is 40.1 Å². The summed E-state index contributed by atoms with van der Waals surface area (Å²) in [5, 5.41) is 16.0. The molecule has 0 amide bonds. The van der Waals surface area contributed by atoms with Gasteiger partial charge in [0.2, 0.25) is 0 Å². The number of alkyl halides is 3. The maximum Gasteiger partial charge on any atom is 0.416 e. The van der Waals surface area contributed by atoms with E-state index in [1.165, 1.54) is 25.3 Å². The van der Waals surface area contributed by atoms with Crippen molar-refractivity contribution in [1.82, 2.24) is 0 Å². The van der Waals surface area contributed by atoms with Crippen LogP contribution in [0.1, 0.15) is 5.56 Å². The lowest BCUT2D eigenvalue weighted by atomic mass is 10.2. The van der Waals surface area contributed by atoms with Crippen LogP contribution in [0.4, 0.5) is 30.2 Å². The SMILES string of the molecule is COc1cc([N+](=O)[O-])ccc1NC(=S)Nc1cc(C(F)(F)F)ccc1Cl. The Labute approximate surface area is 156 Å². The smallest absolute Gasteiger partial charge is 0.416 e. The molecular formula is C15H11ClF3N3O3S. The number of non-ortho nitro benzene ring substituents is 1. The van der Waals surface area contributed by atoms with Gasteiger partial charge in [-0.2, -0.15) is 13.2 Å². The predicted octanol–water partition coefficient (Wildman–Crippen LogP) is 5.08. The third kappa shape index (κ3) is 4.73. The van der Waals surface area contributed by atoms with E-state index in [1.807, 2.05) is 0 Å². The number of hydrogen-bond acceptors (Lipinski definition) is 4. The fourth-order valence-corrected chi connectivity index (χ4v) is 2.35. The summed E-state index contributed by atoms with van der Waals surface area (Å²) in [6.45, 7) is 0. The first-order valence-corrected chi connectivity index (χ1v) is 7.67. The summed E-state index contributed by atoms with van der Waals surface area (Å²) in [6.07, 6.45) is -4.53. The van der Waals surface area contributed by atoms with Crippen molar-refractivity contribution in [2.45, 2.75) is 6.18 Å². The van der Waals surface area contributed by atoms with Gasteiger partial charge in [0.1, 0.15) is 5.75 Å². The van der Waals surface area contributed by atoms with Crippen LogP contribution in [0.2, 0.25) is 5.02 Å². The summed E-state index contributed by atoms with van der Waals surface area (Å²) >= 11 is 10.9. The number of hydrogen-bond donors (Lipinski definition) is 2. The molecule has 2 aromatic rings. The summed E-state index contributed by atoms with van der Waals surface area (Å²) in [6, 6.07) is 6.54. The highest BCUT2D eigenvalue weighted by atomic mass is 35.5. The molecule has 6 nitrogen and oxygen atoms in total. The van der Waals surface area contributed by atoms with Gasteiger partial charge in [-0.25, -0.2) is 0 Å². The number of nitro groups is 1. The number of rotatable bonds is 4. The van der Waals surface area contributed by atoms with Gasteiger partial charge in [-0.1, -0.05) is 11.6 Å². The number of thiocarbonyl (C=S) groups is 1. The summed E-state index contributed by atoms with van der Waals surface area (Å²) in [5.41, 5.74) is -0.828. The van der Waals surface area contributed by atoms with Crippen LogP contribution < -0.4 is 15.4 Å². The highest BCUT2D eigenvalue weighted by Gasteiger charge is 2.31. The van der Waals surface area contributed by atoms with Crippen molar-refractivity contribution >= 4 is 46.0 Å². The lowest BCUT2D eigenvalue weighted by Crippen LogP contribution is -2.20. The topological polar surface area (TPSA) is 76.4 Å². The van der Waals surface area contributed by atoms with E-state index in [0.29, 0.717) is 5.69 Å². The molecule has 0 spiro atoms. The highest BCUT2D eigenvalue weighted by molar-refractivity contribution is 7.80. The predicted molar refractivity (Wildman–Crippen MR) is 95.9 cm³/mol. The molecule has 11 heteroatoms. The van der Waals surface area contributed by atoms with Gasteiger partial charge >= 0.3 is 6.18 Å². The molecule has 0 saturated heterocycles. The maximum atomic E-state index is 12.8. The standard InChI is InChI=1S/C15H11ClF3N3O3S/c1-25-13-7-9(22(23)24)3-5-11(13)20-14(26)21-12-6-8(15(17,18)19)2-4-10(12)16/h2-7H,1H3,(H2,20,21,26). The van der Waals surface area contributed by atoms with Gasteiger partial charge in [0.15, 0.2) is 5.11 Å². The molecule has 2 N–H and O–H groups in total. The van der Waals surface area contributed by atoms with Crippen LogP contribution >= 0.6 is 23.8 Å². The average Bonchev–Trinajstić information content (AvgIpc) is 2.55. The normalized spacial score (nSPS) is 11.0. The molecule has 0 fully saturated rings. The van der Waals surface area contributed by atoms with Crippen molar-refractivity contribution in [3.63, 3.8) is 0 Å². The molecule has 2 rings (SSSR count). The summed E-state index contributed by atoms with van der Waals surface area (Å²) in [7, 11) is 1.31. The third-order valence-corrected chi connectivity index (χ3v) is 3.72. The van der Waals surface area contributed by atoms with Gasteiger partial charge in [0.25, 0.3) is 5.69 Å². The van der Waals surface area contributed by atoms with Gasteiger partial charge in [-0.05, 0) is 36.5 Å². The minimum atomic E-state index is -4.53. The zero-order valence-electron chi connectivity index (χ0n) is 13.1. The van der Waals surface area contributed by atoms with E-state index in [0.717, 1.165) is 18.2 Å². The van der Waals surface area contributed by atoms with Crippen LogP contribution in [0.15, 0.2) is 36.4 Å². The second-order valence-corrected chi connectivity index (χ2v) is 5.73. The van der Waals surface area contributed by atoms with Gasteiger partial charge in [-0.3, -0.25) is 10.1 Å². The van der Waals surface area contributed by atoms with Crippen molar-refractivity contribution in [2.24, 2.45) is 0 Å². The fourth-order valence-electron chi connectivity index (χ4n) is 1.97. The second-order valence-electron chi connectivity index (χ2n) is 4.91. The van der Waals surface area contributed by atoms with Crippen molar-refractivity contribution in [2.75, 3.05) is 17.7 Å². The van der Waals surface area contributed by atoms with E-state index < -0.39 is 16.7 Å². The second kappa shape index (κ2) is 7.75. The van der Waals surface area contributed by atoms with Crippen molar-refractivity contribution < 1.29 is 22.8 Å². The average molecular weight is 406 g/mol. The molecule has 2 aromatic carbocycles. The molecule has 0 heterocycles. The minimum Gasteiger partial charge on any atom is -0.494 e. The van der Waals surface area contributed by atoms with Crippen molar-refractivity contribution in [1.29, 1.82) is 0 Å².